The summed E-state index contributed by atoms with van der Waals surface area (Å²) in [7, 11) is 4.11. The third kappa shape index (κ3) is 7.49. The maximum absolute atomic E-state index is 3.98. The minimum Gasteiger partial charge on any atom is -0.309 e. The third-order valence-electron chi connectivity index (χ3n) is 1.59. The van der Waals surface area contributed by atoms with E-state index in [1.165, 1.54) is 0 Å². The van der Waals surface area contributed by atoms with Crippen molar-refractivity contribution >= 4 is 0 Å². The second kappa shape index (κ2) is 8.44. The summed E-state index contributed by atoms with van der Waals surface area (Å²) in [6, 6.07) is 0. The van der Waals surface area contributed by atoms with Gasteiger partial charge in [0.15, 0.2) is 0 Å². The van der Waals surface area contributed by atoms with Crippen LogP contribution in [-0.4, -0.2) is 43.6 Å². The van der Waals surface area contributed by atoms with E-state index in [1.54, 1.807) is 17.3 Å². The highest BCUT2D eigenvalue weighted by Gasteiger charge is 1.96. The molecule has 0 aromatic rings. The van der Waals surface area contributed by atoms with E-state index in [0.717, 1.165) is 19.5 Å². The van der Waals surface area contributed by atoms with Gasteiger partial charge in [0, 0.05) is 12.7 Å². The lowest BCUT2D eigenvalue weighted by Crippen LogP contribution is -2.19. The molecule has 0 aromatic heterocycles. The molecule has 0 aliphatic carbocycles. The summed E-state index contributed by atoms with van der Waals surface area (Å²) in [5.74, 6) is 0. The van der Waals surface area contributed by atoms with Gasteiger partial charge in [0.25, 0.3) is 0 Å². The normalized spacial score (nSPS) is 10.8. The SMILES string of the molecule is C=CC/N=N\N(C=C)CCCN(C)C. The average molecular weight is 196 g/mol. The molecule has 0 heterocycles. The zero-order valence-electron chi connectivity index (χ0n) is 9.19. The first-order valence-electron chi connectivity index (χ1n) is 4.73. The minimum atomic E-state index is 0.554. The molecule has 0 saturated carbocycles. The summed E-state index contributed by atoms with van der Waals surface area (Å²) in [6.07, 6.45) is 4.44. The molecule has 0 atom stereocenters. The number of rotatable bonds is 8. The Morgan fingerprint density at radius 2 is 1.93 bits per heavy atom. The first-order valence-corrected chi connectivity index (χ1v) is 4.73. The Morgan fingerprint density at radius 3 is 2.43 bits per heavy atom. The van der Waals surface area contributed by atoms with Gasteiger partial charge in [-0.2, -0.15) is 5.11 Å². The fourth-order valence-corrected chi connectivity index (χ4v) is 0.897. The molecule has 0 aliphatic rings. The largest absolute Gasteiger partial charge is 0.309 e. The van der Waals surface area contributed by atoms with Crippen LogP contribution < -0.4 is 0 Å². The highest BCUT2D eigenvalue weighted by molar-refractivity contribution is 4.69. The van der Waals surface area contributed by atoms with Crippen molar-refractivity contribution in [1.29, 1.82) is 0 Å². The Kier molecular flexibility index (Phi) is 7.74. The van der Waals surface area contributed by atoms with Crippen molar-refractivity contribution in [3.8, 4) is 0 Å². The molecule has 4 nitrogen and oxygen atoms in total. The van der Waals surface area contributed by atoms with Crippen LogP contribution in [0.25, 0.3) is 0 Å². The van der Waals surface area contributed by atoms with Crippen molar-refractivity contribution in [3.05, 3.63) is 25.4 Å². The molecule has 0 aromatic carbocycles. The summed E-state index contributed by atoms with van der Waals surface area (Å²) in [5.41, 5.74) is 0. The fraction of sp³-hybridized carbons (Fsp3) is 0.600. The smallest absolute Gasteiger partial charge is 0.0798 e. The topological polar surface area (TPSA) is 31.2 Å². The summed E-state index contributed by atoms with van der Waals surface area (Å²) in [6.45, 7) is 9.68. The zero-order chi connectivity index (χ0) is 10.8. The Bertz CT molecular complexity index is 187. The molecule has 0 aliphatic heterocycles. The van der Waals surface area contributed by atoms with Crippen LogP contribution >= 0.6 is 0 Å². The molecule has 0 bridgehead atoms. The van der Waals surface area contributed by atoms with Crippen molar-refractivity contribution in [2.75, 3.05) is 33.7 Å². The molecular weight excluding hydrogens is 176 g/mol. The van der Waals surface area contributed by atoms with Crippen LogP contribution in [0.4, 0.5) is 0 Å². The lowest BCUT2D eigenvalue weighted by molar-refractivity contribution is 0.322. The quantitative estimate of drug-likeness (QED) is 0.337. The van der Waals surface area contributed by atoms with E-state index in [9.17, 15) is 0 Å². The standard InChI is InChI=1S/C10H20N4/c1-5-8-11-12-14(6-2)10-7-9-13(3)4/h5-6H,1-2,7-10H2,3-4H3/b12-11-. The predicted octanol–water partition coefficient (Wildman–Crippen LogP) is 1.94. The minimum absolute atomic E-state index is 0.554. The van der Waals surface area contributed by atoms with Crippen LogP contribution in [-0.2, 0) is 0 Å². The van der Waals surface area contributed by atoms with Crippen LogP contribution in [0.15, 0.2) is 35.8 Å². The van der Waals surface area contributed by atoms with Crippen molar-refractivity contribution < 1.29 is 0 Å². The molecule has 0 rings (SSSR count). The monoisotopic (exact) mass is 196 g/mol. The first kappa shape index (κ1) is 12.8. The third-order valence-corrected chi connectivity index (χ3v) is 1.59. The van der Waals surface area contributed by atoms with E-state index >= 15 is 0 Å². The highest BCUT2D eigenvalue weighted by Crippen LogP contribution is 1.95. The van der Waals surface area contributed by atoms with Gasteiger partial charge in [-0.3, -0.25) is 5.01 Å². The number of nitrogens with zero attached hydrogens (tertiary/aromatic N) is 4. The Hall–Kier alpha value is -1.16. The van der Waals surface area contributed by atoms with Gasteiger partial charge in [-0.15, -0.1) is 6.58 Å². The molecule has 0 fully saturated rings. The lowest BCUT2D eigenvalue weighted by atomic mass is 10.4. The number of hydrogen-bond donors (Lipinski definition) is 0. The molecule has 0 spiro atoms. The molecular formula is C10H20N4. The lowest BCUT2D eigenvalue weighted by Gasteiger charge is -2.14. The zero-order valence-corrected chi connectivity index (χ0v) is 9.19. The second-order valence-corrected chi connectivity index (χ2v) is 3.20. The Labute approximate surface area is 86.6 Å². The van der Waals surface area contributed by atoms with E-state index in [4.69, 9.17) is 0 Å². The van der Waals surface area contributed by atoms with E-state index in [-0.39, 0.29) is 0 Å². The molecule has 0 unspecified atom stereocenters. The van der Waals surface area contributed by atoms with Gasteiger partial charge in [0.2, 0.25) is 0 Å². The fourth-order valence-electron chi connectivity index (χ4n) is 0.897. The van der Waals surface area contributed by atoms with Gasteiger partial charge in [-0.25, -0.2) is 0 Å². The van der Waals surface area contributed by atoms with Crippen LogP contribution in [0.5, 0.6) is 0 Å². The summed E-state index contributed by atoms with van der Waals surface area (Å²) in [4.78, 5) is 2.14. The molecule has 4 heteroatoms. The molecule has 0 N–H and O–H groups in total. The van der Waals surface area contributed by atoms with E-state index in [1.807, 2.05) is 0 Å². The van der Waals surface area contributed by atoms with Gasteiger partial charge in [-0.05, 0) is 27.1 Å². The maximum atomic E-state index is 3.98. The van der Waals surface area contributed by atoms with E-state index in [2.05, 4.69) is 42.5 Å². The Balaban J connectivity index is 3.67. The van der Waals surface area contributed by atoms with Crippen LogP contribution in [0.1, 0.15) is 6.42 Å². The number of hydrogen-bond acceptors (Lipinski definition) is 3. The average Bonchev–Trinajstić information content (AvgIpc) is 2.15. The van der Waals surface area contributed by atoms with E-state index in [0.29, 0.717) is 6.54 Å². The van der Waals surface area contributed by atoms with Crippen molar-refractivity contribution in [1.82, 2.24) is 9.91 Å². The van der Waals surface area contributed by atoms with Crippen LogP contribution in [0, 0.1) is 0 Å². The first-order chi connectivity index (χ1) is 6.70. The molecule has 14 heavy (non-hydrogen) atoms. The Morgan fingerprint density at radius 1 is 1.21 bits per heavy atom. The summed E-state index contributed by atoms with van der Waals surface area (Å²) >= 11 is 0. The van der Waals surface area contributed by atoms with Crippen molar-refractivity contribution in [2.45, 2.75) is 6.42 Å². The van der Waals surface area contributed by atoms with Gasteiger partial charge < -0.3 is 4.90 Å². The van der Waals surface area contributed by atoms with E-state index < -0.39 is 0 Å². The predicted molar refractivity (Wildman–Crippen MR) is 60.0 cm³/mol. The molecule has 0 amide bonds. The maximum Gasteiger partial charge on any atom is 0.0798 e. The molecule has 0 saturated heterocycles. The van der Waals surface area contributed by atoms with Gasteiger partial charge in [-0.1, -0.05) is 17.9 Å². The summed E-state index contributed by atoms with van der Waals surface area (Å²) < 4.78 is 0. The van der Waals surface area contributed by atoms with Crippen molar-refractivity contribution in [2.24, 2.45) is 10.3 Å². The van der Waals surface area contributed by atoms with Gasteiger partial charge in [0.05, 0.1) is 6.54 Å². The summed E-state index contributed by atoms with van der Waals surface area (Å²) in [5, 5.41) is 9.63. The highest BCUT2D eigenvalue weighted by atomic mass is 15.5. The van der Waals surface area contributed by atoms with Gasteiger partial charge >= 0.3 is 0 Å². The second-order valence-electron chi connectivity index (χ2n) is 3.20. The molecule has 0 radical (unpaired) electrons. The van der Waals surface area contributed by atoms with Gasteiger partial charge in [0.1, 0.15) is 0 Å². The molecule has 80 valence electrons. The van der Waals surface area contributed by atoms with Crippen LogP contribution in [0.3, 0.4) is 0 Å². The van der Waals surface area contributed by atoms with Crippen LogP contribution in [0.2, 0.25) is 0 Å². The van der Waals surface area contributed by atoms with Crippen molar-refractivity contribution in [3.63, 3.8) is 0 Å².